The number of halogens is 3. The van der Waals surface area contributed by atoms with Crippen molar-refractivity contribution < 1.29 is 31.2 Å². The van der Waals surface area contributed by atoms with E-state index in [1.54, 1.807) is 60.0 Å². The molecule has 4 aromatic carbocycles. The summed E-state index contributed by atoms with van der Waals surface area (Å²) in [6.07, 6.45) is -4.43. The molecule has 5 rings (SSSR count). The zero-order chi connectivity index (χ0) is 33.3. The quantitative estimate of drug-likeness (QED) is 0.183. The molecule has 2 N–H and O–H groups in total. The van der Waals surface area contributed by atoms with Crippen molar-refractivity contribution in [1.82, 2.24) is 9.71 Å². The summed E-state index contributed by atoms with van der Waals surface area (Å²) in [5.74, 6) is -1.39. The molecule has 5 aromatic rings. The van der Waals surface area contributed by atoms with Crippen LogP contribution < -0.4 is 10.0 Å². The van der Waals surface area contributed by atoms with Crippen LogP contribution >= 0.6 is 11.3 Å². The molecular weight excluding hydrogens is 636 g/mol. The van der Waals surface area contributed by atoms with Crippen LogP contribution in [0.4, 0.5) is 18.9 Å². The van der Waals surface area contributed by atoms with E-state index in [4.69, 9.17) is 0 Å². The zero-order valence-corrected chi connectivity index (χ0v) is 26.5. The number of sulfonamides is 1. The number of aromatic nitrogens is 1. The van der Waals surface area contributed by atoms with Crippen molar-refractivity contribution >= 4 is 38.9 Å². The van der Waals surface area contributed by atoms with E-state index in [0.717, 1.165) is 17.7 Å². The second-order valence-electron chi connectivity index (χ2n) is 11.4. The van der Waals surface area contributed by atoms with Gasteiger partial charge in [0.1, 0.15) is 9.90 Å². The number of para-hydroxylation sites is 1. The molecule has 0 aliphatic heterocycles. The van der Waals surface area contributed by atoms with Crippen molar-refractivity contribution in [3.63, 3.8) is 0 Å². The smallest absolute Gasteiger partial charge is 0.321 e. The van der Waals surface area contributed by atoms with E-state index in [-0.39, 0.29) is 27.1 Å². The van der Waals surface area contributed by atoms with Gasteiger partial charge in [0, 0.05) is 27.6 Å². The molecule has 0 spiro atoms. The van der Waals surface area contributed by atoms with Crippen LogP contribution in [0.5, 0.6) is 0 Å². The Morgan fingerprint density at radius 2 is 1.26 bits per heavy atom. The van der Waals surface area contributed by atoms with Crippen LogP contribution in [0.2, 0.25) is 0 Å². The number of alkyl halides is 3. The third kappa shape index (κ3) is 7.35. The first kappa shape index (κ1) is 32.6. The Hall–Kier alpha value is -4.81. The molecule has 0 atom stereocenters. The van der Waals surface area contributed by atoms with Crippen molar-refractivity contribution in [2.45, 2.75) is 37.3 Å². The van der Waals surface area contributed by atoms with Gasteiger partial charge in [-0.1, -0.05) is 69.3 Å². The number of carbonyl (C=O) groups excluding carboxylic acids is 2. The molecule has 12 heteroatoms. The summed E-state index contributed by atoms with van der Waals surface area (Å²) >= 11 is 1.30. The number of nitrogens with zero attached hydrogens (tertiary/aromatic N) is 1. The van der Waals surface area contributed by atoms with E-state index >= 15 is 0 Å². The first-order valence-corrected chi connectivity index (χ1v) is 16.3. The van der Waals surface area contributed by atoms with Crippen molar-refractivity contribution in [2.75, 3.05) is 5.32 Å². The Labute approximate surface area is 268 Å². The van der Waals surface area contributed by atoms with Gasteiger partial charge in [-0.15, -0.1) is 11.3 Å². The molecule has 0 radical (unpaired) electrons. The average Bonchev–Trinajstić information content (AvgIpc) is 3.51. The number of anilines is 1. The van der Waals surface area contributed by atoms with Gasteiger partial charge in [0.15, 0.2) is 0 Å². The van der Waals surface area contributed by atoms with E-state index in [1.807, 2.05) is 20.8 Å². The van der Waals surface area contributed by atoms with Crippen LogP contribution in [-0.4, -0.2) is 25.2 Å². The number of hydrogen-bond donors (Lipinski definition) is 2. The van der Waals surface area contributed by atoms with Crippen molar-refractivity contribution in [2.24, 2.45) is 0 Å². The molecule has 0 unspecified atom stereocenters. The van der Waals surface area contributed by atoms with E-state index in [2.05, 4.69) is 15.0 Å². The normalized spacial score (nSPS) is 12.0. The van der Waals surface area contributed by atoms with Gasteiger partial charge in [-0.3, -0.25) is 9.59 Å². The SMILES string of the molecule is CC(C)(C)c1ccc(C(=O)NS(=O)(=O)c2ccccc2NC(=O)c2ccc(-c3nc(-c4ccc(C(F)(F)F)cc4)cs3)cc2)cc1. The fraction of sp³-hybridized carbons (Fsp3) is 0.147. The molecule has 1 aromatic heterocycles. The number of benzene rings is 4. The highest BCUT2D eigenvalue weighted by molar-refractivity contribution is 7.90. The Kier molecular flexibility index (Phi) is 8.87. The lowest BCUT2D eigenvalue weighted by Crippen LogP contribution is -2.31. The van der Waals surface area contributed by atoms with Gasteiger partial charge in [0.25, 0.3) is 21.8 Å². The number of carbonyl (C=O) groups is 2. The molecule has 236 valence electrons. The van der Waals surface area contributed by atoms with Crippen molar-refractivity contribution in [3.8, 4) is 21.8 Å². The Balaban J connectivity index is 1.28. The topological polar surface area (TPSA) is 105 Å². The number of hydrogen-bond acceptors (Lipinski definition) is 6. The lowest BCUT2D eigenvalue weighted by Gasteiger charge is -2.19. The summed E-state index contributed by atoms with van der Waals surface area (Å²) in [5, 5.41) is 4.94. The van der Waals surface area contributed by atoms with Crippen LogP contribution in [0.3, 0.4) is 0 Å². The summed E-state index contributed by atoms with van der Waals surface area (Å²) < 4.78 is 67.2. The Morgan fingerprint density at radius 3 is 1.87 bits per heavy atom. The van der Waals surface area contributed by atoms with Crippen molar-refractivity contribution in [1.29, 1.82) is 0 Å². The van der Waals surface area contributed by atoms with Crippen LogP contribution in [0.25, 0.3) is 21.8 Å². The van der Waals surface area contributed by atoms with Gasteiger partial charge < -0.3 is 5.32 Å². The highest BCUT2D eigenvalue weighted by Crippen LogP contribution is 2.33. The average molecular weight is 664 g/mol. The van der Waals surface area contributed by atoms with Gasteiger partial charge >= 0.3 is 6.18 Å². The first-order valence-electron chi connectivity index (χ1n) is 13.9. The predicted molar refractivity (Wildman–Crippen MR) is 172 cm³/mol. The second-order valence-corrected chi connectivity index (χ2v) is 13.9. The van der Waals surface area contributed by atoms with E-state index in [0.29, 0.717) is 21.8 Å². The maximum Gasteiger partial charge on any atom is 0.416 e. The molecular formula is C34H28F3N3O4S2. The lowest BCUT2D eigenvalue weighted by atomic mass is 9.87. The largest absolute Gasteiger partial charge is 0.416 e. The van der Waals surface area contributed by atoms with Gasteiger partial charge in [0.2, 0.25) is 0 Å². The van der Waals surface area contributed by atoms with E-state index < -0.39 is 33.6 Å². The van der Waals surface area contributed by atoms with E-state index in [9.17, 15) is 31.2 Å². The molecule has 0 bridgehead atoms. The molecule has 7 nitrogen and oxygen atoms in total. The van der Waals surface area contributed by atoms with Gasteiger partial charge in [-0.2, -0.15) is 13.2 Å². The summed E-state index contributed by atoms with van der Waals surface area (Å²) in [4.78, 5) is 30.1. The molecule has 0 aliphatic carbocycles. The molecule has 46 heavy (non-hydrogen) atoms. The minimum absolute atomic E-state index is 0.0129. The molecule has 0 saturated heterocycles. The maximum absolute atomic E-state index is 13.2. The number of nitrogens with one attached hydrogen (secondary N) is 2. The molecule has 1 heterocycles. The third-order valence-electron chi connectivity index (χ3n) is 7.07. The third-order valence-corrected chi connectivity index (χ3v) is 9.35. The zero-order valence-electron chi connectivity index (χ0n) is 24.8. The summed E-state index contributed by atoms with van der Waals surface area (Å²) in [5.41, 5.74) is 2.24. The lowest BCUT2D eigenvalue weighted by molar-refractivity contribution is -0.137. The van der Waals surface area contributed by atoms with Gasteiger partial charge in [-0.25, -0.2) is 18.1 Å². The summed E-state index contributed by atoms with van der Waals surface area (Å²) in [7, 11) is -4.35. The minimum Gasteiger partial charge on any atom is -0.321 e. The highest BCUT2D eigenvalue weighted by Gasteiger charge is 2.30. The van der Waals surface area contributed by atoms with Gasteiger partial charge in [-0.05, 0) is 59.5 Å². The summed E-state index contributed by atoms with van der Waals surface area (Å²) in [6, 6.07) is 23.6. The highest BCUT2D eigenvalue weighted by atomic mass is 32.2. The number of rotatable bonds is 7. The molecule has 0 fully saturated rings. The fourth-order valence-corrected chi connectivity index (χ4v) is 6.46. The number of amides is 2. The van der Waals surface area contributed by atoms with Crippen molar-refractivity contribution in [3.05, 3.63) is 125 Å². The van der Waals surface area contributed by atoms with Crippen LogP contribution in [0.15, 0.2) is 107 Å². The van der Waals surface area contributed by atoms with Crippen LogP contribution in [-0.2, 0) is 21.6 Å². The standard InChI is InChI=1S/C34H28F3N3O4S2/c1-33(2,3)25-16-14-23(15-17-25)31(42)40-46(43,44)29-7-5-4-6-27(29)38-30(41)22-8-10-24(11-9-22)32-39-28(20-45-32)21-12-18-26(19-13-21)34(35,36)37/h4-20H,1-3H3,(H,38,41)(H,40,42). The predicted octanol–water partition coefficient (Wildman–Crippen LogP) is 8.16. The molecule has 0 saturated carbocycles. The number of thiazole rings is 1. The monoisotopic (exact) mass is 663 g/mol. The van der Waals surface area contributed by atoms with E-state index in [1.165, 1.54) is 41.7 Å². The van der Waals surface area contributed by atoms with Gasteiger partial charge in [0.05, 0.1) is 16.9 Å². The maximum atomic E-state index is 13.2. The molecule has 2 amide bonds. The summed E-state index contributed by atoms with van der Waals surface area (Å²) in [6.45, 7) is 6.08. The first-order chi connectivity index (χ1) is 21.6. The van der Waals surface area contributed by atoms with Crippen LogP contribution in [0, 0.1) is 0 Å². The minimum atomic E-state index is -4.43. The fourth-order valence-electron chi connectivity index (χ4n) is 4.49. The van der Waals surface area contributed by atoms with Crippen LogP contribution in [0.1, 0.15) is 52.6 Å². The molecule has 0 aliphatic rings. The Bertz CT molecular complexity index is 2000. The second kappa shape index (κ2) is 12.5. The Morgan fingerprint density at radius 1 is 0.717 bits per heavy atom.